The van der Waals surface area contributed by atoms with Gasteiger partial charge in [-0.15, -0.1) is 0 Å². The molecule has 2 aromatic heterocycles. The fraction of sp³-hybridized carbons (Fsp3) is 0.0476. The van der Waals surface area contributed by atoms with Gasteiger partial charge in [-0.1, -0.05) is 30.3 Å². The van der Waals surface area contributed by atoms with Crippen LogP contribution in [0.4, 0.5) is 5.69 Å². The summed E-state index contributed by atoms with van der Waals surface area (Å²) in [5, 5.41) is 9.58. The normalized spacial score (nSPS) is 11.3. The molecule has 152 valence electrons. The number of benzene rings is 2. The van der Waals surface area contributed by atoms with Crippen LogP contribution in [0.2, 0.25) is 0 Å². The summed E-state index contributed by atoms with van der Waals surface area (Å²) >= 11 is 0. The first kappa shape index (κ1) is 19.6. The predicted octanol–water partition coefficient (Wildman–Crippen LogP) is 3.40. The van der Waals surface area contributed by atoms with Gasteiger partial charge in [-0.05, 0) is 42.5 Å². The lowest BCUT2D eigenvalue weighted by Gasteiger charge is -2.07. The zero-order valence-electron chi connectivity index (χ0n) is 15.7. The van der Waals surface area contributed by atoms with E-state index in [1.807, 2.05) is 30.3 Å². The molecular formula is C21H18N4O4S. The summed E-state index contributed by atoms with van der Waals surface area (Å²) in [5.41, 5.74) is 2.31. The second kappa shape index (κ2) is 8.36. The molecule has 0 aliphatic carbocycles. The molecule has 0 aliphatic rings. The summed E-state index contributed by atoms with van der Waals surface area (Å²) in [7, 11) is -3.70. The van der Waals surface area contributed by atoms with Gasteiger partial charge in [0.15, 0.2) is 0 Å². The molecule has 4 rings (SSSR count). The first-order valence-corrected chi connectivity index (χ1v) is 10.5. The van der Waals surface area contributed by atoms with E-state index in [9.17, 15) is 13.2 Å². The van der Waals surface area contributed by atoms with E-state index in [0.29, 0.717) is 22.8 Å². The van der Waals surface area contributed by atoms with Gasteiger partial charge in [-0.25, -0.2) is 13.1 Å². The van der Waals surface area contributed by atoms with Crippen LogP contribution in [0.3, 0.4) is 0 Å². The Bertz CT molecular complexity index is 1230. The maximum Gasteiger partial charge on any atom is 0.273 e. The molecule has 8 nitrogen and oxygen atoms in total. The van der Waals surface area contributed by atoms with E-state index in [0.717, 1.165) is 5.56 Å². The molecule has 0 atom stereocenters. The average Bonchev–Trinajstić information content (AvgIpc) is 3.46. The number of nitrogens with one attached hydrogen (secondary N) is 3. The molecule has 2 heterocycles. The number of hydrogen-bond donors (Lipinski definition) is 3. The molecule has 0 radical (unpaired) electrons. The van der Waals surface area contributed by atoms with Gasteiger partial charge >= 0.3 is 0 Å². The smallest absolute Gasteiger partial charge is 0.273 e. The lowest BCUT2D eigenvalue weighted by Crippen LogP contribution is -2.23. The lowest BCUT2D eigenvalue weighted by atomic mass is 10.1. The van der Waals surface area contributed by atoms with Crippen molar-refractivity contribution in [3.8, 4) is 11.3 Å². The summed E-state index contributed by atoms with van der Waals surface area (Å²) in [6.45, 7) is 0.0530. The minimum atomic E-state index is -3.70. The van der Waals surface area contributed by atoms with Crippen molar-refractivity contribution in [2.75, 3.05) is 5.32 Å². The highest BCUT2D eigenvalue weighted by molar-refractivity contribution is 7.89. The van der Waals surface area contributed by atoms with E-state index in [1.54, 1.807) is 18.2 Å². The van der Waals surface area contributed by atoms with Crippen molar-refractivity contribution < 1.29 is 17.6 Å². The highest BCUT2D eigenvalue weighted by Gasteiger charge is 2.15. The van der Waals surface area contributed by atoms with Gasteiger partial charge in [0.1, 0.15) is 11.5 Å². The fourth-order valence-corrected chi connectivity index (χ4v) is 3.77. The molecule has 9 heteroatoms. The molecule has 0 spiro atoms. The summed E-state index contributed by atoms with van der Waals surface area (Å²) in [5.74, 6) is 0.133. The predicted molar refractivity (Wildman–Crippen MR) is 111 cm³/mol. The molecule has 4 aromatic rings. The third-order valence-corrected chi connectivity index (χ3v) is 5.75. The Hall–Kier alpha value is -3.69. The number of amides is 1. The van der Waals surface area contributed by atoms with Crippen LogP contribution in [0.15, 0.2) is 88.4 Å². The van der Waals surface area contributed by atoms with E-state index in [-0.39, 0.29) is 17.3 Å². The number of nitrogens with zero attached hydrogens (tertiary/aromatic N) is 1. The highest BCUT2D eigenvalue weighted by Crippen LogP contribution is 2.19. The summed E-state index contributed by atoms with van der Waals surface area (Å²) in [6.07, 6.45) is 1.48. The Morgan fingerprint density at radius 2 is 1.77 bits per heavy atom. The molecule has 0 fully saturated rings. The third kappa shape index (κ3) is 4.48. The Morgan fingerprint density at radius 1 is 1.00 bits per heavy atom. The second-order valence-electron chi connectivity index (χ2n) is 6.42. The summed E-state index contributed by atoms with van der Waals surface area (Å²) in [6, 6.07) is 20.4. The van der Waals surface area contributed by atoms with Crippen molar-refractivity contribution in [2.24, 2.45) is 0 Å². The van der Waals surface area contributed by atoms with Crippen LogP contribution in [0.5, 0.6) is 0 Å². The van der Waals surface area contributed by atoms with E-state index in [1.165, 1.54) is 30.5 Å². The van der Waals surface area contributed by atoms with Gasteiger partial charge in [0, 0.05) is 11.3 Å². The zero-order valence-corrected chi connectivity index (χ0v) is 16.5. The molecule has 0 saturated heterocycles. The van der Waals surface area contributed by atoms with Crippen molar-refractivity contribution in [1.82, 2.24) is 14.9 Å². The van der Waals surface area contributed by atoms with Gasteiger partial charge in [0.2, 0.25) is 10.0 Å². The van der Waals surface area contributed by atoms with Gasteiger partial charge in [-0.2, -0.15) is 5.10 Å². The number of hydrogen-bond acceptors (Lipinski definition) is 5. The quantitative estimate of drug-likeness (QED) is 0.422. The van der Waals surface area contributed by atoms with Crippen LogP contribution in [0, 0.1) is 0 Å². The molecule has 0 saturated carbocycles. The van der Waals surface area contributed by atoms with Gasteiger partial charge in [0.25, 0.3) is 5.91 Å². The number of rotatable bonds is 7. The van der Waals surface area contributed by atoms with Crippen molar-refractivity contribution in [1.29, 1.82) is 0 Å². The number of anilines is 1. The number of aromatic nitrogens is 2. The molecule has 1 amide bonds. The number of furan rings is 1. The maximum atomic E-state index is 12.5. The van der Waals surface area contributed by atoms with Crippen LogP contribution >= 0.6 is 0 Å². The van der Waals surface area contributed by atoms with E-state index < -0.39 is 10.0 Å². The first-order chi connectivity index (χ1) is 14.5. The number of carbonyl (C=O) groups excluding carboxylic acids is 1. The molecule has 0 aliphatic heterocycles. The van der Waals surface area contributed by atoms with E-state index in [4.69, 9.17) is 4.42 Å². The fourth-order valence-electron chi connectivity index (χ4n) is 2.77. The summed E-state index contributed by atoms with van der Waals surface area (Å²) < 4.78 is 32.3. The van der Waals surface area contributed by atoms with Gasteiger partial charge < -0.3 is 9.73 Å². The van der Waals surface area contributed by atoms with Gasteiger partial charge in [0.05, 0.1) is 23.4 Å². The van der Waals surface area contributed by atoms with E-state index >= 15 is 0 Å². The Kier molecular flexibility index (Phi) is 5.46. The number of H-pyrrole nitrogens is 1. The van der Waals surface area contributed by atoms with E-state index in [2.05, 4.69) is 20.2 Å². The third-order valence-electron chi connectivity index (χ3n) is 4.33. The molecule has 3 N–H and O–H groups in total. The molecule has 0 unspecified atom stereocenters. The number of aromatic amines is 1. The Balaban J connectivity index is 1.41. The largest absolute Gasteiger partial charge is 0.468 e. The lowest BCUT2D eigenvalue weighted by molar-refractivity contribution is 0.102. The number of sulfonamides is 1. The standard InChI is InChI=1S/C21H18N4O4S/c26-21(20-13-19(24-25-20)15-5-2-1-3-6-15)23-16-8-10-18(11-9-16)30(27,28)22-14-17-7-4-12-29-17/h1-13,22H,14H2,(H,23,26)(H,24,25). The topological polar surface area (TPSA) is 117 Å². The Morgan fingerprint density at radius 3 is 2.47 bits per heavy atom. The second-order valence-corrected chi connectivity index (χ2v) is 8.18. The minimum Gasteiger partial charge on any atom is -0.468 e. The van der Waals surface area contributed by atoms with Crippen LogP contribution in [0.25, 0.3) is 11.3 Å². The summed E-state index contributed by atoms with van der Waals surface area (Å²) in [4.78, 5) is 12.5. The number of carbonyl (C=O) groups is 1. The van der Waals surface area contributed by atoms with Crippen LogP contribution in [-0.2, 0) is 16.6 Å². The average molecular weight is 422 g/mol. The Labute approximate surface area is 173 Å². The van der Waals surface area contributed by atoms with Crippen molar-refractivity contribution in [3.63, 3.8) is 0 Å². The van der Waals surface area contributed by atoms with Crippen LogP contribution in [0.1, 0.15) is 16.2 Å². The monoisotopic (exact) mass is 422 g/mol. The molecule has 30 heavy (non-hydrogen) atoms. The highest BCUT2D eigenvalue weighted by atomic mass is 32.2. The van der Waals surface area contributed by atoms with Crippen molar-refractivity contribution in [3.05, 3.63) is 90.5 Å². The SMILES string of the molecule is O=C(Nc1ccc(S(=O)(=O)NCc2ccco2)cc1)c1cc(-c2ccccc2)n[nH]1. The molecule has 2 aromatic carbocycles. The van der Waals surface area contributed by atoms with Crippen molar-refractivity contribution >= 4 is 21.6 Å². The van der Waals surface area contributed by atoms with Crippen molar-refractivity contribution in [2.45, 2.75) is 11.4 Å². The first-order valence-electron chi connectivity index (χ1n) is 9.05. The molecule has 0 bridgehead atoms. The van der Waals surface area contributed by atoms with Crippen LogP contribution < -0.4 is 10.0 Å². The van der Waals surface area contributed by atoms with Crippen LogP contribution in [-0.4, -0.2) is 24.5 Å². The molecular weight excluding hydrogens is 404 g/mol. The zero-order chi connectivity index (χ0) is 21.0. The van der Waals surface area contributed by atoms with Gasteiger partial charge in [-0.3, -0.25) is 9.89 Å². The minimum absolute atomic E-state index is 0.0530. The maximum absolute atomic E-state index is 12.5.